The number of halogens is 3. The topological polar surface area (TPSA) is 137 Å². The standard InChI is InChI=1S/C37H43F3N8O2/c1-44-22-32(42)27-4-2-25(3-5-27)26-9-14-47(15-10-26)24-50-19-18-46-16-11-36(23-46)12-17-48(35(36)49)29-6-7-31(41)30(21-29)34(43)28-8-13-45-33(20-28)37(38,39)40/h2-9,13,20-22,43-44H,10-12,14-19,23-24,41-42H2,1H3/b32-22-,43-34?/t36-/m0/s1. The van der Waals surface area contributed by atoms with Crippen molar-refractivity contribution < 1.29 is 22.7 Å². The van der Waals surface area contributed by atoms with Gasteiger partial charge in [0.25, 0.3) is 0 Å². The molecular weight excluding hydrogens is 645 g/mol. The van der Waals surface area contributed by atoms with Crippen LogP contribution < -0.4 is 21.7 Å². The normalized spacial score (nSPS) is 20.5. The Bertz CT molecular complexity index is 1790. The second-order valence-electron chi connectivity index (χ2n) is 13.1. The van der Waals surface area contributed by atoms with E-state index in [9.17, 15) is 18.0 Å². The van der Waals surface area contributed by atoms with E-state index in [0.717, 1.165) is 56.8 Å². The van der Waals surface area contributed by atoms with Crippen LogP contribution in [0.2, 0.25) is 0 Å². The van der Waals surface area contributed by atoms with Crippen LogP contribution in [0.5, 0.6) is 0 Å². The van der Waals surface area contributed by atoms with Gasteiger partial charge < -0.3 is 26.4 Å². The maximum Gasteiger partial charge on any atom is 0.433 e. The van der Waals surface area contributed by atoms with Gasteiger partial charge in [0.1, 0.15) is 5.69 Å². The zero-order valence-corrected chi connectivity index (χ0v) is 28.1. The number of benzene rings is 2. The Morgan fingerprint density at radius 3 is 2.56 bits per heavy atom. The molecule has 50 heavy (non-hydrogen) atoms. The van der Waals surface area contributed by atoms with E-state index in [2.05, 4.69) is 38.3 Å². The molecule has 0 aliphatic carbocycles. The lowest BCUT2D eigenvalue weighted by atomic mass is 9.85. The Morgan fingerprint density at radius 1 is 1.06 bits per heavy atom. The zero-order chi connectivity index (χ0) is 35.5. The van der Waals surface area contributed by atoms with Gasteiger partial charge in [0, 0.05) is 74.7 Å². The molecule has 3 aliphatic heterocycles. The number of hydrogen-bond donors (Lipinski definition) is 4. The number of anilines is 2. The Hall–Kier alpha value is -4.72. The smallest absolute Gasteiger partial charge is 0.398 e. The van der Waals surface area contributed by atoms with Crippen molar-refractivity contribution in [3.05, 3.63) is 101 Å². The van der Waals surface area contributed by atoms with Crippen molar-refractivity contribution in [3.8, 4) is 0 Å². The van der Waals surface area contributed by atoms with E-state index in [1.807, 2.05) is 19.2 Å². The Kier molecular flexibility index (Phi) is 10.3. The van der Waals surface area contributed by atoms with Gasteiger partial charge in [0.15, 0.2) is 0 Å². The summed E-state index contributed by atoms with van der Waals surface area (Å²) in [6, 6.07) is 15.4. The number of alkyl halides is 3. The van der Waals surface area contributed by atoms with Crippen molar-refractivity contribution >= 4 is 34.3 Å². The van der Waals surface area contributed by atoms with Gasteiger partial charge in [-0.3, -0.25) is 25.0 Å². The number of likely N-dealkylation sites (tertiary alicyclic amines) is 1. The molecular formula is C37H43F3N8O2. The number of amides is 1. The molecule has 1 atom stereocenters. The minimum absolute atomic E-state index is 0.0230. The van der Waals surface area contributed by atoms with Crippen LogP contribution in [0, 0.1) is 10.8 Å². The number of rotatable bonds is 11. The van der Waals surface area contributed by atoms with E-state index in [1.54, 1.807) is 29.3 Å². The maximum atomic E-state index is 13.8. The van der Waals surface area contributed by atoms with Crippen LogP contribution >= 0.6 is 0 Å². The number of ether oxygens (including phenoxy) is 1. The predicted octanol–water partition coefficient (Wildman–Crippen LogP) is 4.77. The van der Waals surface area contributed by atoms with Crippen molar-refractivity contribution in [2.75, 3.05) is 70.3 Å². The first-order chi connectivity index (χ1) is 24.0. The Labute approximate surface area is 290 Å². The highest BCUT2D eigenvalue weighted by atomic mass is 19.4. The number of nitrogens with zero attached hydrogens (tertiary/aromatic N) is 4. The lowest BCUT2D eigenvalue weighted by Gasteiger charge is -2.27. The summed E-state index contributed by atoms with van der Waals surface area (Å²) in [4.78, 5) is 23.5. The summed E-state index contributed by atoms with van der Waals surface area (Å²) >= 11 is 0. The molecule has 6 N–H and O–H groups in total. The van der Waals surface area contributed by atoms with Crippen LogP contribution in [-0.4, -0.2) is 86.1 Å². The number of carbonyl (C=O) groups excluding carboxylic acids is 1. The molecule has 13 heteroatoms. The van der Waals surface area contributed by atoms with Gasteiger partial charge in [0.05, 0.1) is 30.2 Å². The van der Waals surface area contributed by atoms with Gasteiger partial charge >= 0.3 is 6.18 Å². The average Bonchev–Trinajstić information content (AvgIpc) is 3.68. The molecule has 10 nitrogen and oxygen atoms in total. The van der Waals surface area contributed by atoms with Crippen molar-refractivity contribution in [1.29, 1.82) is 5.41 Å². The monoisotopic (exact) mass is 688 g/mol. The first-order valence-corrected chi connectivity index (χ1v) is 16.8. The average molecular weight is 689 g/mol. The molecule has 0 bridgehead atoms. The number of nitrogens with two attached hydrogens (primary N) is 2. The fraction of sp³-hybridized carbons (Fsp3) is 0.378. The number of hydrogen-bond acceptors (Lipinski definition) is 9. The summed E-state index contributed by atoms with van der Waals surface area (Å²) < 4.78 is 45.8. The second kappa shape index (κ2) is 14.6. The number of carbonyl (C=O) groups is 1. The number of nitrogens with one attached hydrogen (secondary N) is 2. The van der Waals surface area contributed by atoms with Crippen LogP contribution in [0.1, 0.15) is 47.2 Å². The van der Waals surface area contributed by atoms with E-state index in [0.29, 0.717) is 44.2 Å². The number of pyridine rings is 1. The fourth-order valence-electron chi connectivity index (χ4n) is 7.01. The summed E-state index contributed by atoms with van der Waals surface area (Å²) in [6.07, 6.45) is 2.82. The molecule has 264 valence electrons. The van der Waals surface area contributed by atoms with Crippen LogP contribution in [0.25, 0.3) is 11.3 Å². The fourth-order valence-corrected chi connectivity index (χ4v) is 7.01. The molecule has 3 aliphatic rings. The molecule has 1 amide bonds. The lowest BCUT2D eigenvalue weighted by Crippen LogP contribution is -2.38. The quantitative estimate of drug-likeness (QED) is 0.129. The molecule has 1 spiro atoms. The Morgan fingerprint density at radius 2 is 1.84 bits per heavy atom. The van der Waals surface area contributed by atoms with E-state index < -0.39 is 17.3 Å². The number of aromatic nitrogens is 1. The molecule has 3 aromatic rings. The van der Waals surface area contributed by atoms with E-state index >= 15 is 0 Å². The molecule has 2 aromatic carbocycles. The largest absolute Gasteiger partial charge is 0.433 e. The first-order valence-electron chi connectivity index (χ1n) is 16.8. The van der Waals surface area contributed by atoms with Gasteiger partial charge in [-0.05, 0) is 72.8 Å². The highest BCUT2D eigenvalue weighted by Crippen LogP contribution is 2.43. The van der Waals surface area contributed by atoms with Gasteiger partial charge in [-0.2, -0.15) is 13.2 Å². The molecule has 2 fully saturated rings. The highest BCUT2D eigenvalue weighted by molar-refractivity contribution is 6.14. The van der Waals surface area contributed by atoms with Crippen LogP contribution in [0.3, 0.4) is 0 Å². The zero-order valence-electron chi connectivity index (χ0n) is 28.1. The van der Waals surface area contributed by atoms with Crippen LogP contribution in [0.4, 0.5) is 24.5 Å². The summed E-state index contributed by atoms with van der Waals surface area (Å²) in [5.41, 5.74) is 15.8. The summed E-state index contributed by atoms with van der Waals surface area (Å²) in [7, 11) is 1.83. The highest BCUT2D eigenvalue weighted by Gasteiger charge is 2.51. The van der Waals surface area contributed by atoms with Gasteiger partial charge in [0.2, 0.25) is 5.91 Å². The number of nitrogen functional groups attached to an aromatic ring is 1. The summed E-state index contributed by atoms with van der Waals surface area (Å²) in [6.45, 7) is 5.54. The van der Waals surface area contributed by atoms with Crippen molar-refractivity contribution in [2.45, 2.75) is 25.4 Å². The van der Waals surface area contributed by atoms with Gasteiger partial charge in [-0.15, -0.1) is 0 Å². The lowest BCUT2D eigenvalue weighted by molar-refractivity contribution is -0.141. The third-order valence-corrected chi connectivity index (χ3v) is 9.91. The minimum Gasteiger partial charge on any atom is -0.398 e. The van der Waals surface area contributed by atoms with Crippen LogP contribution in [-0.2, 0) is 15.7 Å². The predicted molar refractivity (Wildman–Crippen MR) is 189 cm³/mol. The van der Waals surface area contributed by atoms with Crippen LogP contribution in [0.15, 0.2) is 73.1 Å². The molecule has 1 aromatic heterocycles. The maximum absolute atomic E-state index is 13.8. The Balaban J connectivity index is 0.985. The van der Waals surface area contributed by atoms with Crippen molar-refractivity contribution in [3.63, 3.8) is 0 Å². The van der Waals surface area contributed by atoms with Gasteiger partial charge in [-0.25, -0.2) is 0 Å². The van der Waals surface area contributed by atoms with E-state index in [4.69, 9.17) is 21.6 Å². The summed E-state index contributed by atoms with van der Waals surface area (Å²) in [5.74, 6) is 0.0230. The molecule has 2 saturated heterocycles. The second-order valence-corrected chi connectivity index (χ2v) is 13.1. The van der Waals surface area contributed by atoms with Crippen molar-refractivity contribution in [2.24, 2.45) is 11.1 Å². The summed E-state index contributed by atoms with van der Waals surface area (Å²) in [5, 5.41) is 11.6. The molecule has 0 unspecified atom stereocenters. The third-order valence-electron chi connectivity index (χ3n) is 9.91. The van der Waals surface area contributed by atoms with E-state index in [1.165, 1.54) is 17.2 Å². The van der Waals surface area contributed by atoms with E-state index in [-0.39, 0.29) is 28.4 Å². The SMILES string of the molecule is CN/C=C(\N)c1ccc(C2=CCN(COCCN3CC[C@]4(CCN(c5ccc(N)c(C(=N)c6ccnc(C(F)(F)F)c6)c5)C4=O)C3)CC2)cc1. The molecule has 0 radical (unpaired) electrons. The van der Waals surface area contributed by atoms with Gasteiger partial charge in [-0.1, -0.05) is 30.3 Å². The third kappa shape index (κ3) is 7.54. The molecule has 0 saturated carbocycles. The minimum atomic E-state index is -4.63. The van der Waals surface area contributed by atoms with Crippen molar-refractivity contribution in [1.82, 2.24) is 20.1 Å². The first kappa shape index (κ1) is 35.1. The molecule has 6 rings (SSSR count). The molecule has 4 heterocycles.